The molecule has 0 aliphatic carbocycles. The SMILES string of the molecule is CCc1cccc(NC(=O)COC(=O)c2cc([N+](=O)[O-])ccc2OC)c1. The number of carbonyl (C=O) groups is 2. The maximum absolute atomic E-state index is 12.2. The highest BCUT2D eigenvalue weighted by Gasteiger charge is 2.19. The number of nitro benzene ring substituents is 1. The molecule has 26 heavy (non-hydrogen) atoms. The number of aryl methyl sites for hydroxylation is 1. The third kappa shape index (κ3) is 4.79. The second-order valence-corrected chi connectivity index (χ2v) is 5.32. The van der Waals surface area contributed by atoms with E-state index in [1.165, 1.54) is 19.2 Å². The van der Waals surface area contributed by atoms with Gasteiger partial charge in [0.1, 0.15) is 11.3 Å². The van der Waals surface area contributed by atoms with E-state index in [0.29, 0.717) is 5.69 Å². The standard InChI is InChI=1S/C18H18N2O6/c1-3-12-5-4-6-13(9-12)19-17(21)11-26-18(22)15-10-14(20(23)24)7-8-16(15)25-2/h4-10H,3,11H2,1-2H3,(H,19,21). The Kier molecular flexibility index (Phi) is 6.26. The van der Waals surface area contributed by atoms with Crippen LogP contribution in [0, 0.1) is 10.1 Å². The molecule has 0 aromatic heterocycles. The van der Waals surface area contributed by atoms with Gasteiger partial charge in [-0.3, -0.25) is 14.9 Å². The number of hydrogen-bond acceptors (Lipinski definition) is 6. The number of non-ortho nitro benzene ring substituents is 1. The predicted octanol–water partition coefficient (Wildman–Crippen LogP) is 2.96. The van der Waals surface area contributed by atoms with Crippen molar-refractivity contribution in [3.63, 3.8) is 0 Å². The molecule has 0 aliphatic heterocycles. The van der Waals surface area contributed by atoms with Gasteiger partial charge in [0.05, 0.1) is 12.0 Å². The minimum Gasteiger partial charge on any atom is -0.496 e. The van der Waals surface area contributed by atoms with Crippen LogP contribution in [0.2, 0.25) is 0 Å². The first kappa shape index (κ1) is 18.9. The second-order valence-electron chi connectivity index (χ2n) is 5.32. The summed E-state index contributed by atoms with van der Waals surface area (Å²) in [5.74, 6) is -1.28. The highest BCUT2D eigenvalue weighted by atomic mass is 16.6. The number of nitrogens with zero attached hydrogens (tertiary/aromatic N) is 1. The number of amides is 1. The van der Waals surface area contributed by atoms with Crippen LogP contribution in [-0.2, 0) is 16.0 Å². The van der Waals surface area contributed by atoms with Crippen LogP contribution in [0.3, 0.4) is 0 Å². The van der Waals surface area contributed by atoms with E-state index in [0.717, 1.165) is 18.1 Å². The van der Waals surface area contributed by atoms with Crippen molar-refractivity contribution in [2.24, 2.45) is 0 Å². The molecule has 0 heterocycles. The van der Waals surface area contributed by atoms with E-state index in [1.54, 1.807) is 6.07 Å². The summed E-state index contributed by atoms with van der Waals surface area (Å²) in [7, 11) is 1.32. The Labute approximate surface area is 149 Å². The Morgan fingerprint density at radius 1 is 1.19 bits per heavy atom. The summed E-state index contributed by atoms with van der Waals surface area (Å²) >= 11 is 0. The minimum atomic E-state index is -0.886. The van der Waals surface area contributed by atoms with Crippen molar-refractivity contribution in [1.29, 1.82) is 0 Å². The van der Waals surface area contributed by atoms with Crippen molar-refractivity contribution in [2.75, 3.05) is 19.0 Å². The summed E-state index contributed by atoms with van der Waals surface area (Å²) in [4.78, 5) is 34.3. The van der Waals surface area contributed by atoms with Gasteiger partial charge in [-0.1, -0.05) is 19.1 Å². The first-order chi connectivity index (χ1) is 12.4. The van der Waals surface area contributed by atoms with Crippen molar-refractivity contribution < 1.29 is 24.0 Å². The molecule has 0 radical (unpaired) electrons. The van der Waals surface area contributed by atoms with Crippen molar-refractivity contribution >= 4 is 23.3 Å². The second kappa shape index (κ2) is 8.61. The van der Waals surface area contributed by atoms with Crippen LogP contribution in [0.5, 0.6) is 5.75 Å². The third-order valence-electron chi connectivity index (χ3n) is 3.57. The molecular formula is C18H18N2O6. The van der Waals surface area contributed by atoms with Gasteiger partial charge in [0, 0.05) is 17.8 Å². The number of carbonyl (C=O) groups excluding carboxylic acids is 2. The maximum atomic E-state index is 12.2. The molecule has 2 aromatic rings. The summed E-state index contributed by atoms with van der Waals surface area (Å²) < 4.78 is 9.95. The van der Waals surface area contributed by atoms with Crippen LogP contribution in [0.1, 0.15) is 22.8 Å². The zero-order valence-electron chi connectivity index (χ0n) is 14.4. The zero-order chi connectivity index (χ0) is 19.1. The average molecular weight is 358 g/mol. The van der Waals surface area contributed by atoms with E-state index in [-0.39, 0.29) is 17.0 Å². The van der Waals surface area contributed by atoms with Crippen LogP contribution in [0.15, 0.2) is 42.5 Å². The summed E-state index contributed by atoms with van der Waals surface area (Å²) in [6.07, 6.45) is 0.825. The number of ether oxygens (including phenoxy) is 2. The number of hydrogen-bond donors (Lipinski definition) is 1. The number of methoxy groups -OCH3 is 1. The molecule has 0 fully saturated rings. The molecule has 0 saturated carbocycles. The zero-order valence-corrected chi connectivity index (χ0v) is 14.4. The summed E-state index contributed by atoms with van der Waals surface area (Å²) in [5, 5.41) is 13.5. The largest absolute Gasteiger partial charge is 0.496 e. The molecular weight excluding hydrogens is 340 g/mol. The molecule has 8 heteroatoms. The minimum absolute atomic E-state index is 0.122. The Bertz CT molecular complexity index is 834. The van der Waals surface area contributed by atoms with Crippen LogP contribution in [0.25, 0.3) is 0 Å². The van der Waals surface area contributed by atoms with Gasteiger partial charge in [-0.05, 0) is 30.2 Å². The van der Waals surface area contributed by atoms with E-state index >= 15 is 0 Å². The summed E-state index contributed by atoms with van der Waals surface area (Å²) in [6, 6.07) is 10.8. The number of nitrogens with one attached hydrogen (secondary N) is 1. The molecule has 2 rings (SSSR count). The van der Waals surface area contributed by atoms with Crippen molar-refractivity contribution in [3.05, 3.63) is 63.7 Å². The fourth-order valence-electron chi connectivity index (χ4n) is 2.24. The fourth-order valence-corrected chi connectivity index (χ4v) is 2.24. The van der Waals surface area contributed by atoms with E-state index in [1.807, 2.05) is 25.1 Å². The third-order valence-corrected chi connectivity index (χ3v) is 3.57. The van der Waals surface area contributed by atoms with E-state index in [9.17, 15) is 19.7 Å². The van der Waals surface area contributed by atoms with Crippen LogP contribution in [0.4, 0.5) is 11.4 Å². The molecule has 0 aliphatic rings. The van der Waals surface area contributed by atoms with Crippen molar-refractivity contribution in [2.45, 2.75) is 13.3 Å². The van der Waals surface area contributed by atoms with Gasteiger partial charge < -0.3 is 14.8 Å². The Morgan fingerprint density at radius 2 is 1.96 bits per heavy atom. The molecule has 2 aromatic carbocycles. The molecule has 1 amide bonds. The van der Waals surface area contributed by atoms with Gasteiger partial charge in [-0.2, -0.15) is 0 Å². The molecule has 8 nitrogen and oxygen atoms in total. The van der Waals surface area contributed by atoms with Gasteiger partial charge in [-0.25, -0.2) is 4.79 Å². The monoisotopic (exact) mass is 358 g/mol. The molecule has 136 valence electrons. The van der Waals surface area contributed by atoms with Gasteiger partial charge >= 0.3 is 5.97 Å². The van der Waals surface area contributed by atoms with Gasteiger partial charge in [-0.15, -0.1) is 0 Å². The number of nitro groups is 1. The van der Waals surface area contributed by atoms with Crippen LogP contribution >= 0.6 is 0 Å². The van der Waals surface area contributed by atoms with Crippen molar-refractivity contribution in [3.8, 4) is 5.75 Å². The van der Waals surface area contributed by atoms with Crippen LogP contribution in [-0.4, -0.2) is 30.5 Å². The van der Waals surface area contributed by atoms with Crippen LogP contribution < -0.4 is 10.1 Å². The molecule has 0 bridgehead atoms. The number of benzene rings is 2. The number of rotatable bonds is 7. The highest BCUT2D eigenvalue weighted by molar-refractivity contribution is 5.97. The normalized spacial score (nSPS) is 10.1. The Balaban J connectivity index is 2.02. The van der Waals surface area contributed by atoms with Gasteiger partial charge in [0.2, 0.25) is 0 Å². The molecule has 0 spiro atoms. The molecule has 0 atom stereocenters. The lowest BCUT2D eigenvalue weighted by molar-refractivity contribution is -0.384. The smallest absolute Gasteiger partial charge is 0.342 e. The Hall–Kier alpha value is -3.42. The number of esters is 1. The van der Waals surface area contributed by atoms with Crippen molar-refractivity contribution in [1.82, 2.24) is 0 Å². The lowest BCUT2D eigenvalue weighted by Crippen LogP contribution is -2.21. The lowest BCUT2D eigenvalue weighted by Gasteiger charge is -2.09. The molecule has 1 N–H and O–H groups in total. The predicted molar refractivity (Wildman–Crippen MR) is 94.4 cm³/mol. The molecule has 0 saturated heterocycles. The van der Waals surface area contributed by atoms with Gasteiger partial charge in [0.25, 0.3) is 11.6 Å². The Morgan fingerprint density at radius 3 is 2.62 bits per heavy atom. The summed E-state index contributed by atoms with van der Waals surface area (Å²) in [6.45, 7) is 1.47. The first-order valence-electron chi connectivity index (χ1n) is 7.83. The fraction of sp³-hybridized carbons (Fsp3) is 0.222. The summed E-state index contributed by atoms with van der Waals surface area (Å²) in [5.41, 5.74) is 1.25. The van der Waals surface area contributed by atoms with E-state index in [2.05, 4.69) is 5.32 Å². The van der Waals surface area contributed by atoms with Gasteiger partial charge in [0.15, 0.2) is 6.61 Å². The average Bonchev–Trinajstić information content (AvgIpc) is 2.65. The van der Waals surface area contributed by atoms with E-state index < -0.39 is 23.4 Å². The highest BCUT2D eigenvalue weighted by Crippen LogP contribution is 2.24. The first-order valence-corrected chi connectivity index (χ1v) is 7.83. The maximum Gasteiger partial charge on any atom is 0.342 e. The number of anilines is 1. The lowest BCUT2D eigenvalue weighted by atomic mass is 10.1. The topological polar surface area (TPSA) is 108 Å². The van der Waals surface area contributed by atoms with E-state index in [4.69, 9.17) is 9.47 Å². The molecule has 0 unspecified atom stereocenters. The quantitative estimate of drug-likeness (QED) is 0.463.